The molecule has 2 rings (SSSR count). The first-order valence-corrected chi connectivity index (χ1v) is 10.2. The largest absolute Gasteiger partial charge is 0.497 e. The van der Waals surface area contributed by atoms with Gasteiger partial charge in [-0.3, -0.25) is 4.79 Å². The van der Waals surface area contributed by atoms with Crippen LogP contribution in [-0.2, 0) is 14.8 Å². The average Bonchev–Trinajstić information content (AvgIpc) is 2.63. The maximum atomic E-state index is 12.7. The lowest BCUT2D eigenvalue weighted by atomic mass is 10.1. The van der Waals surface area contributed by atoms with Crippen molar-refractivity contribution in [3.05, 3.63) is 58.1 Å². The molecule has 146 valence electrons. The Balaban J connectivity index is 2.06. The Morgan fingerprint density at radius 2 is 1.81 bits per heavy atom. The summed E-state index contributed by atoms with van der Waals surface area (Å²) in [6.07, 6.45) is 0. The molecule has 27 heavy (non-hydrogen) atoms. The van der Waals surface area contributed by atoms with Crippen LogP contribution in [0.3, 0.4) is 0 Å². The van der Waals surface area contributed by atoms with Crippen LogP contribution in [0.1, 0.15) is 18.5 Å². The molecule has 0 aliphatic heterocycles. The number of carbonyl (C=O) groups is 1. The molecule has 0 saturated heterocycles. The molecule has 1 amide bonds. The molecule has 9 heteroatoms. The van der Waals surface area contributed by atoms with Crippen molar-refractivity contribution in [2.45, 2.75) is 17.9 Å². The van der Waals surface area contributed by atoms with E-state index in [-0.39, 0.29) is 27.5 Å². The van der Waals surface area contributed by atoms with Gasteiger partial charge in [-0.2, -0.15) is 4.31 Å². The number of benzene rings is 2. The van der Waals surface area contributed by atoms with Crippen LogP contribution in [0.25, 0.3) is 0 Å². The van der Waals surface area contributed by atoms with Crippen molar-refractivity contribution in [3.63, 3.8) is 0 Å². The molecule has 0 aromatic heterocycles. The normalized spacial score (nSPS) is 12.7. The lowest BCUT2D eigenvalue weighted by Crippen LogP contribution is -2.39. The number of halogens is 2. The summed E-state index contributed by atoms with van der Waals surface area (Å²) in [6.45, 7) is 1.45. The minimum absolute atomic E-state index is 0.0401. The average molecular weight is 431 g/mol. The third-order valence-corrected chi connectivity index (χ3v) is 6.46. The van der Waals surface area contributed by atoms with Gasteiger partial charge in [-0.05, 0) is 42.8 Å². The molecule has 0 heterocycles. The van der Waals surface area contributed by atoms with Crippen molar-refractivity contribution in [1.29, 1.82) is 0 Å². The molecule has 0 radical (unpaired) electrons. The fourth-order valence-corrected chi connectivity index (χ4v) is 4.25. The van der Waals surface area contributed by atoms with E-state index in [9.17, 15) is 13.2 Å². The molecular formula is C18H20Cl2N2O4S. The number of nitrogens with zero attached hydrogens (tertiary/aromatic N) is 1. The van der Waals surface area contributed by atoms with Crippen molar-refractivity contribution in [2.24, 2.45) is 0 Å². The number of likely N-dealkylation sites (N-methyl/N-ethyl adjacent to an activating group) is 1. The fourth-order valence-electron chi connectivity index (χ4n) is 2.39. The van der Waals surface area contributed by atoms with E-state index in [0.29, 0.717) is 5.75 Å². The summed E-state index contributed by atoms with van der Waals surface area (Å²) >= 11 is 11.8. The molecule has 0 spiro atoms. The number of amides is 1. The van der Waals surface area contributed by atoms with Crippen LogP contribution in [-0.4, -0.2) is 39.3 Å². The van der Waals surface area contributed by atoms with E-state index in [1.165, 1.54) is 25.2 Å². The van der Waals surface area contributed by atoms with Crippen LogP contribution >= 0.6 is 23.2 Å². The second-order valence-electron chi connectivity index (χ2n) is 5.90. The van der Waals surface area contributed by atoms with Gasteiger partial charge < -0.3 is 10.1 Å². The maximum Gasteiger partial charge on any atom is 0.244 e. The molecule has 0 aliphatic rings. The number of rotatable bonds is 7. The Morgan fingerprint density at radius 3 is 2.41 bits per heavy atom. The zero-order valence-electron chi connectivity index (χ0n) is 15.1. The van der Waals surface area contributed by atoms with E-state index >= 15 is 0 Å². The van der Waals surface area contributed by atoms with Crippen LogP contribution in [0.15, 0.2) is 47.4 Å². The summed E-state index contributed by atoms with van der Waals surface area (Å²) in [5.41, 5.74) is 0.868. The quantitative estimate of drug-likeness (QED) is 0.728. The molecule has 1 N–H and O–H groups in total. The molecule has 2 aromatic carbocycles. The highest BCUT2D eigenvalue weighted by atomic mass is 35.5. The number of sulfonamides is 1. The van der Waals surface area contributed by atoms with Gasteiger partial charge in [0.05, 0.1) is 24.7 Å². The number of hydrogen-bond donors (Lipinski definition) is 1. The van der Waals surface area contributed by atoms with Gasteiger partial charge in [-0.15, -0.1) is 0 Å². The Morgan fingerprint density at radius 1 is 1.19 bits per heavy atom. The van der Waals surface area contributed by atoms with Crippen LogP contribution in [0.5, 0.6) is 5.75 Å². The minimum Gasteiger partial charge on any atom is -0.497 e. The number of nitrogens with one attached hydrogen (secondary N) is 1. The summed E-state index contributed by atoms with van der Waals surface area (Å²) in [6, 6.07) is 11.1. The van der Waals surface area contributed by atoms with Crippen molar-refractivity contribution < 1.29 is 17.9 Å². The molecule has 0 fully saturated rings. The number of carbonyl (C=O) groups excluding carboxylic acids is 1. The molecule has 6 nitrogen and oxygen atoms in total. The summed E-state index contributed by atoms with van der Waals surface area (Å²) in [5.74, 6) is 0.268. The molecule has 0 aliphatic carbocycles. The smallest absolute Gasteiger partial charge is 0.244 e. The van der Waals surface area contributed by atoms with E-state index in [4.69, 9.17) is 27.9 Å². The van der Waals surface area contributed by atoms with Gasteiger partial charge >= 0.3 is 0 Å². The van der Waals surface area contributed by atoms with Crippen LogP contribution in [0.2, 0.25) is 10.0 Å². The third-order valence-electron chi connectivity index (χ3n) is 3.94. The van der Waals surface area contributed by atoms with Crippen molar-refractivity contribution in [3.8, 4) is 5.75 Å². The van der Waals surface area contributed by atoms with Gasteiger partial charge in [0.15, 0.2) is 0 Å². The SMILES string of the molecule is COc1ccc([C@H](C)NC(=O)CN(C)S(=O)(=O)c2cc(Cl)ccc2Cl)cc1. The Hall–Kier alpha value is -1.80. The Bertz CT molecular complexity index is 917. The maximum absolute atomic E-state index is 12.7. The third kappa shape index (κ3) is 5.35. The molecular weight excluding hydrogens is 411 g/mol. The number of hydrogen-bond acceptors (Lipinski definition) is 4. The monoisotopic (exact) mass is 430 g/mol. The van der Waals surface area contributed by atoms with Gasteiger partial charge in [0.1, 0.15) is 10.6 Å². The van der Waals surface area contributed by atoms with Crippen molar-refractivity contribution in [2.75, 3.05) is 20.7 Å². The molecule has 0 saturated carbocycles. The molecule has 0 bridgehead atoms. The fraction of sp³-hybridized carbons (Fsp3) is 0.278. The van der Waals surface area contributed by atoms with E-state index < -0.39 is 15.9 Å². The number of ether oxygens (including phenoxy) is 1. The Labute approximate surface area is 169 Å². The van der Waals surface area contributed by atoms with Gasteiger partial charge in [0, 0.05) is 12.1 Å². The van der Waals surface area contributed by atoms with E-state index in [0.717, 1.165) is 9.87 Å². The second-order valence-corrected chi connectivity index (χ2v) is 8.76. The first-order chi connectivity index (χ1) is 12.6. The zero-order chi connectivity index (χ0) is 20.2. The summed E-state index contributed by atoms with van der Waals surface area (Å²) < 4.78 is 31.3. The second kappa shape index (κ2) is 8.93. The van der Waals surface area contributed by atoms with Crippen LogP contribution < -0.4 is 10.1 Å². The van der Waals surface area contributed by atoms with E-state index in [1.54, 1.807) is 19.2 Å². The highest BCUT2D eigenvalue weighted by Crippen LogP contribution is 2.27. The van der Waals surface area contributed by atoms with Crippen molar-refractivity contribution in [1.82, 2.24) is 9.62 Å². The van der Waals surface area contributed by atoms with Crippen LogP contribution in [0.4, 0.5) is 0 Å². The van der Waals surface area contributed by atoms with E-state index in [2.05, 4.69) is 5.32 Å². The standard InChI is InChI=1S/C18H20Cl2N2O4S/c1-12(13-4-7-15(26-3)8-5-13)21-18(23)11-22(2)27(24,25)17-10-14(19)6-9-16(17)20/h4-10,12H,11H2,1-3H3,(H,21,23)/t12-/m0/s1. The number of methoxy groups -OCH3 is 1. The lowest BCUT2D eigenvalue weighted by molar-refractivity contribution is -0.121. The summed E-state index contributed by atoms with van der Waals surface area (Å²) in [4.78, 5) is 12.1. The summed E-state index contributed by atoms with van der Waals surface area (Å²) in [7, 11) is -1.08. The van der Waals surface area contributed by atoms with E-state index in [1.807, 2.05) is 19.1 Å². The molecule has 1 atom stereocenters. The first kappa shape index (κ1) is 21.5. The van der Waals surface area contributed by atoms with Gasteiger partial charge in [0.25, 0.3) is 0 Å². The highest BCUT2D eigenvalue weighted by Gasteiger charge is 2.26. The molecule has 2 aromatic rings. The highest BCUT2D eigenvalue weighted by molar-refractivity contribution is 7.89. The van der Waals surface area contributed by atoms with Gasteiger partial charge in [0.2, 0.25) is 15.9 Å². The molecule has 0 unspecified atom stereocenters. The zero-order valence-corrected chi connectivity index (χ0v) is 17.4. The topological polar surface area (TPSA) is 75.7 Å². The van der Waals surface area contributed by atoms with Crippen molar-refractivity contribution >= 4 is 39.1 Å². The van der Waals surface area contributed by atoms with Gasteiger partial charge in [-0.1, -0.05) is 35.3 Å². The lowest BCUT2D eigenvalue weighted by Gasteiger charge is -2.20. The predicted molar refractivity (Wildman–Crippen MR) is 106 cm³/mol. The van der Waals surface area contributed by atoms with Gasteiger partial charge in [-0.25, -0.2) is 8.42 Å². The minimum atomic E-state index is -3.96. The first-order valence-electron chi connectivity index (χ1n) is 8.00. The Kier molecular flexibility index (Phi) is 7.11. The summed E-state index contributed by atoms with van der Waals surface area (Å²) in [5, 5.41) is 3.05. The predicted octanol–water partition coefficient (Wildman–Crippen LogP) is 3.50. The van der Waals surface area contributed by atoms with Crippen LogP contribution in [0, 0.1) is 0 Å².